The molecule has 2 aromatic rings. The highest BCUT2D eigenvalue weighted by Gasteiger charge is 2.60. The van der Waals surface area contributed by atoms with Crippen molar-refractivity contribution >= 4 is 28.2 Å². The Morgan fingerprint density at radius 3 is 2.82 bits per heavy atom. The van der Waals surface area contributed by atoms with E-state index in [1.54, 1.807) is 11.3 Å². The number of carbonyl (C=O) groups excluding carboxylic acids is 1. The van der Waals surface area contributed by atoms with E-state index >= 15 is 0 Å². The van der Waals surface area contributed by atoms with Gasteiger partial charge >= 0.3 is 0 Å². The van der Waals surface area contributed by atoms with Gasteiger partial charge in [0.05, 0.1) is 5.69 Å². The van der Waals surface area contributed by atoms with Gasteiger partial charge in [-0.05, 0) is 79.9 Å². The molecule has 6 rings (SSSR count). The number of rotatable bonds is 3. The normalized spacial score (nSPS) is 39.7. The van der Waals surface area contributed by atoms with Gasteiger partial charge in [-0.25, -0.2) is 9.97 Å². The monoisotopic (exact) mass is 462 g/mol. The molecule has 0 aromatic carbocycles. The number of hydrogen-bond acceptors (Lipinski definition) is 5. The van der Waals surface area contributed by atoms with Gasteiger partial charge < -0.3 is 10.2 Å². The van der Waals surface area contributed by atoms with E-state index in [-0.39, 0.29) is 11.3 Å². The van der Waals surface area contributed by atoms with Gasteiger partial charge in [0.25, 0.3) is 0 Å². The Kier molecular flexibility index (Phi) is 4.95. The standard InChI is InChI=1S/C27H34N4OS/c1-26-13-11-19-17(7-10-22-27(19,2)14-12-24(32)31(22)3)18(26)8-9-20(26)21-16-33-25(29-21)30-23-6-4-5-15-28-23/h4-6,12,14-20,22H,7-11,13H2,1-3H3,(H,28,29,30)/t17-,18-,19+,20?,22?,26-,27+/m0/s1. The molecule has 0 saturated heterocycles. The summed E-state index contributed by atoms with van der Waals surface area (Å²) in [5.41, 5.74) is 1.70. The number of amides is 1. The maximum atomic E-state index is 12.3. The minimum atomic E-state index is 0.116. The lowest BCUT2D eigenvalue weighted by atomic mass is 9.47. The summed E-state index contributed by atoms with van der Waals surface area (Å²) < 4.78 is 0. The molecule has 174 valence electrons. The van der Waals surface area contributed by atoms with Crippen molar-refractivity contribution < 1.29 is 4.79 Å². The lowest BCUT2D eigenvalue weighted by Gasteiger charge is -2.60. The van der Waals surface area contributed by atoms with Gasteiger partial charge in [-0.3, -0.25) is 4.79 Å². The summed E-state index contributed by atoms with van der Waals surface area (Å²) in [6.45, 7) is 4.98. The third kappa shape index (κ3) is 3.20. The predicted molar refractivity (Wildman–Crippen MR) is 132 cm³/mol. The first-order valence-corrected chi connectivity index (χ1v) is 13.4. The summed E-state index contributed by atoms with van der Waals surface area (Å²) in [5, 5.41) is 6.60. The first-order valence-electron chi connectivity index (χ1n) is 12.5. The highest BCUT2D eigenvalue weighted by atomic mass is 32.1. The average molecular weight is 463 g/mol. The Morgan fingerprint density at radius 1 is 1.12 bits per heavy atom. The molecule has 3 saturated carbocycles. The molecule has 1 aliphatic heterocycles. The van der Waals surface area contributed by atoms with Crippen LogP contribution in [-0.4, -0.2) is 33.9 Å². The van der Waals surface area contributed by atoms with E-state index in [0.717, 1.165) is 29.2 Å². The van der Waals surface area contributed by atoms with Crippen molar-refractivity contribution in [3.63, 3.8) is 0 Å². The average Bonchev–Trinajstić information content (AvgIpc) is 3.41. The Bertz CT molecular complexity index is 1080. The van der Waals surface area contributed by atoms with E-state index in [9.17, 15) is 4.79 Å². The lowest BCUT2D eigenvalue weighted by molar-refractivity contribution is -0.138. The van der Waals surface area contributed by atoms with Crippen molar-refractivity contribution in [1.29, 1.82) is 0 Å². The largest absolute Gasteiger partial charge is 0.338 e. The smallest absolute Gasteiger partial charge is 0.246 e. The number of carbonyl (C=O) groups is 1. The number of fused-ring (bicyclic) bond motifs is 5. The van der Waals surface area contributed by atoms with E-state index < -0.39 is 0 Å². The highest BCUT2D eigenvalue weighted by Crippen LogP contribution is 2.67. The maximum absolute atomic E-state index is 12.3. The number of pyridine rings is 1. The third-order valence-corrected chi connectivity index (χ3v) is 10.7. The second kappa shape index (κ2) is 7.66. The molecule has 7 atom stereocenters. The van der Waals surface area contributed by atoms with Crippen LogP contribution in [0.3, 0.4) is 0 Å². The minimum Gasteiger partial charge on any atom is -0.338 e. The molecule has 3 heterocycles. The van der Waals surface area contributed by atoms with Crippen LogP contribution in [0.15, 0.2) is 41.9 Å². The van der Waals surface area contributed by atoms with E-state index in [0.29, 0.717) is 23.3 Å². The van der Waals surface area contributed by atoms with Crippen LogP contribution in [-0.2, 0) is 4.79 Å². The first kappa shape index (κ1) is 21.3. The molecule has 33 heavy (non-hydrogen) atoms. The topological polar surface area (TPSA) is 58.1 Å². The fraction of sp³-hybridized carbons (Fsp3) is 0.593. The molecule has 2 unspecified atom stereocenters. The van der Waals surface area contributed by atoms with Crippen LogP contribution in [0, 0.1) is 28.6 Å². The van der Waals surface area contributed by atoms with Gasteiger partial charge in [-0.1, -0.05) is 26.0 Å². The quantitative estimate of drug-likeness (QED) is 0.607. The number of hydrogen-bond donors (Lipinski definition) is 1. The second-order valence-electron chi connectivity index (χ2n) is 11.2. The van der Waals surface area contributed by atoms with Crippen LogP contribution in [0.2, 0.25) is 0 Å². The SMILES string of the molecule is CN1C(=O)C=C[C@@]2(C)C1CC[C@@H]1[C@H]2CC[C@]2(C)C(c3csc(Nc4ccccn4)n3)CC[C@@H]12. The number of nitrogens with zero attached hydrogens (tertiary/aromatic N) is 3. The summed E-state index contributed by atoms with van der Waals surface area (Å²) in [6.07, 6.45) is 13.4. The Balaban J connectivity index is 1.24. The zero-order valence-corrected chi connectivity index (χ0v) is 20.6. The number of anilines is 2. The van der Waals surface area contributed by atoms with Crippen LogP contribution in [0.1, 0.15) is 64.0 Å². The van der Waals surface area contributed by atoms with Crippen LogP contribution >= 0.6 is 11.3 Å². The van der Waals surface area contributed by atoms with Crippen LogP contribution in [0.5, 0.6) is 0 Å². The highest BCUT2D eigenvalue weighted by molar-refractivity contribution is 7.13. The van der Waals surface area contributed by atoms with Gasteiger partial charge in [0.1, 0.15) is 5.82 Å². The molecule has 1 amide bonds. The number of thiazole rings is 1. The summed E-state index contributed by atoms with van der Waals surface area (Å²) in [7, 11) is 2.01. The fourth-order valence-corrected chi connectivity index (χ4v) is 9.05. The zero-order valence-electron chi connectivity index (χ0n) is 19.8. The van der Waals surface area contributed by atoms with Crippen molar-refractivity contribution in [1.82, 2.24) is 14.9 Å². The lowest BCUT2D eigenvalue weighted by Crippen LogP contribution is -2.59. The van der Waals surface area contributed by atoms with Gasteiger partial charge in [-0.2, -0.15) is 0 Å². The van der Waals surface area contributed by atoms with Crippen molar-refractivity contribution in [2.45, 2.75) is 64.3 Å². The molecule has 4 aliphatic rings. The fourth-order valence-electron chi connectivity index (χ4n) is 8.27. The summed E-state index contributed by atoms with van der Waals surface area (Å²) >= 11 is 1.70. The van der Waals surface area contributed by atoms with Gasteiger partial charge in [0.15, 0.2) is 5.13 Å². The molecule has 2 aromatic heterocycles. The Hall–Kier alpha value is -2.21. The molecular weight excluding hydrogens is 428 g/mol. The van der Waals surface area contributed by atoms with E-state index in [4.69, 9.17) is 4.98 Å². The predicted octanol–water partition coefficient (Wildman–Crippen LogP) is 6.00. The molecule has 3 aliphatic carbocycles. The summed E-state index contributed by atoms with van der Waals surface area (Å²) in [5.74, 6) is 3.75. The van der Waals surface area contributed by atoms with Crippen molar-refractivity contribution in [2.75, 3.05) is 12.4 Å². The molecular formula is C27H34N4OS. The van der Waals surface area contributed by atoms with Gasteiger partial charge in [-0.15, -0.1) is 11.3 Å². The van der Waals surface area contributed by atoms with Crippen LogP contribution < -0.4 is 5.32 Å². The third-order valence-electron chi connectivity index (χ3n) is 9.91. The van der Waals surface area contributed by atoms with Crippen molar-refractivity contribution in [3.05, 3.63) is 47.6 Å². The van der Waals surface area contributed by atoms with E-state index in [1.807, 2.05) is 42.4 Å². The molecule has 3 fully saturated rings. The number of nitrogens with one attached hydrogen (secondary N) is 1. The maximum Gasteiger partial charge on any atom is 0.246 e. The van der Waals surface area contributed by atoms with Crippen LogP contribution in [0.4, 0.5) is 10.9 Å². The first-order chi connectivity index (χ1) is 15.9. The molecule has 0 spiro atoms. The van der Waals surface area contributed by atoms with Crippen molar-refractivity contribution in [3.8, 4) is 0 Å². The molecule has 5 nitrogen and oxygen atoms in total. The molecule has 0 radical (unpaired) electrons. The van der Waals surface area contributed by atoms with Gasteiger partial charge in [0, 0.05) is 36.0 Å². The Labute approximate surface area is 200 Å². The minimum absolute atomic E-state index is 0.116. The van der Waals surface area contributed by atoms with E-state index in [1.165, 1.54) is 37.8 Å². The van der Waals surface area contributed by atoms with Gasteiger partial charge in [0.2, 0.25) is 5.91 Å². The zero-order chi connectivity index (χ0) is 22.8. The number of likely N-dealkylation sites (N-methyl/N-ethyl adjacent to an activating group) is 1. The number of aromatic nitrogens is 2. The molecule has 6 heteroatoms. The van der Waals surface area contributed by atoms with E-state index in [2.05, 4.69) is 35.6 Å². The molecule has 1 N–H and O–H groups in total. The Morgan fingerprint density at radius 2 is 2.00 bits per heavy atom. The summed E-state index contributed by atoms with van der Waals surface area (Å²) in [6, 6.07) is 6.27. The van der Waals surface area contributed by atoms with Crippen LogP contribution in [0.25, 0.3) is 0 Å². The molecule has 0 bridgehead atoms. The summed E-state index contributed by atoms with van der Waals surface area (Å²) in [4.78, 5) is 23.8. The second-order valence-corrected chi connectivity index (χ2v) is 12.1. The van der Waals surface area contributed by atoms with Crippen molar-refractivity contribution in [2.24, 2.45) is 28.6 Å².